The summed E-state index contributed by atoms with van der Waals surface area (Å²) in [6, 6.07) is 2.48. The van der Waals surface area contributed by atoms with Gasteiger partial charge in [0.25, 0.3) is 0 Å². The molecule has 0 aliphatic carbocycles. The number of nitrogens with one attached hydrogen (secondary N) is 1. The number of likely N-dealkylation sites (tertiary alicyclic amines) is 1. The highest BCUT2D eigenvalue weighted by molar-refractivity contribution is 5.33. The van der Waals surface area contributed by atoms with Crippen LogP contribution in [0, 0.1) is 6.92 Å². The molecule has 0 bridgehead atoms. The van der Waals surface area contributed by atoms with Crippen molar-refractivity contribution in [3.63, 3.8) is 0 Å². The minimum Gasteiger partial charge on any atom is -0.308 e. The summed E-state index contributed by atoms with van der Waals surface area (Å²) in [5.41, 5.74) is 3.52. The normalized spacial score (nSPS) is 21.3. The van der Waals surface area contributed by atoms with E-state index in [1.807, 2.05) is 13.0 Å². The zero-order valence-electron chi connectivity index (χ0n) is 9.90. The van der Waals surface area contributed by atoms with E-state index in [1.54, 1.807) is 0 Å². The summed E-state index contributed by atoms with van der Waals surface area (Å²) in [6.45, 7) is 6.17. The van der Waals surface area contributed by atoms with Crippen molar-refractivity contribution in [2.75, 3.05) is 12.0 Å². The number of nitrogens with two attached hydrogens (primary N) is 1. The lowest BCUT2D eigenvalue weighted by Gasteiger charge is -2.20. The van der Waals surface area contributed by atoms with Gasteiger partial charge >= 0.3 is 0 Å². The fraction of sp³-hybridized carbons (Fsp3) is 0.636. The average molecular weight is 221 g/mol. The second kappa shape index (κ2) is 4.76. The van der Waals surface area contributed by atoms with Crippen LogP contribution in [0.3, 0.4) is 0 Å². The third-order valence-electron chi connectivity index (χ3n) is 3.08. The molecule has 0 radical (unpaired) electrons. The highest BCUT2D eigenvalue weighted by Gasteiger charge is 2.21. The van der Waals surface area contributed by atoms with E-state index in [9.17, 15) is 0 Å². The minimum absolute atomic E-state index is 0.637. The number of rotatable bonds is 3. The minimum atomic E-state index is 0.637. The van der Waals surface area contributed by atoms with Crippen molar-refractivity contribution in [1.29, 1.82) is 0 Å². The molecule has 1 saturated heterocycles. The van der Waals surface area contributed by atoms with Crippen LogP contribution in [0.5, 0.6) is 0 Å². The first-order valence-electron chi connectivity index (χ1n) is 5.74. The first-order chi connectivity index (χ1) is 7.69. The number of hydrogen-bond acceptors (Lipinski definition) is 5. The van der Waals surface area contributed by atoms with Crippen molar-refractivity contribution in [3.8, 4) is 0 Å². The predicted octanol–water partition coefficient (Wildman–Crippen LogP) is 1.05. The van der Waals surface area contributed by atoms with Crippen LogP contribution in [0.1, 0.15) is 31.3 Å². The number of nitrogen functional groups attached to an aromatic ring is 1. The van der Waals surface area contributed by atoms with E-state index in [-0.39, 0.29) is 0 Å². The Morgan fingerprint density at radius 3 is 3.00 bits per heavy atom. The smallest absolute Gasteiger partial charge is 0.145 e. The number of anilines is 1. The fourth-order valence-electron chi connectivity index (χ4n) is 2.18. The highest BCUT2D eigenvalue weighted by atomic mass is 15.3. The van der Waals surface area contributed by atoms with E-state index < -0.39 is 0 Å². The quantitative estimate of drug-likeness (QED) is 0.590. The van der Waals surface area contributed by atoms with Crippen LogP contribution in [0.4, 0.5) is 5.82 Å². The van der Waals surface area contributed by atoms with Crippen molar-refractivity contribution in [2.45, 2.75) is 39.3 Å². The third kappa shape index (κ3) is 2.48. The molecule has 0 saturated carbocycles. The summed E-state index contributed by atoms with van der Waals surface area (Å²) < 4.78 is 0. The molecule has 1 aromatic heterocycles. The van der Waals surface area contributed by atoms with Crippen LogP contribution in [-0.2, 0) is 6.54 Å². The number of hydrogen-bond donors (Lipinski definition) is 2. The Kier molecular flexibility index (Phi) is 3.36. The van der Waals surface area contributed by atoms with Crippen molar-refractivity contribution in [3.05, 3.63) is 17.6 Å². The molecular formula is C11H19N5. The number of hydrazine groups is 1. The largest absolute Gasteiger partial charge is 0.308 e. The Morgan fingerprint density at radius 2 is 2.38 bits per heavy atom. The molecule has 2 heterocycles. The summed E-state index contributed by atoms with van der Waals surface area (Å²) in [5.74, 6) is 6.91. The lowest BCUT2D eigenvalue weighted by atomic mass is 10.2. The standard InChI is InChI=1S/C11H19N5/c1-8-6-10(15-12)14-11(13-8)7-16-5-3-4-9(16)2/h6,9H,3-5,7,12H2,1-2H3,(H,13,14,15). The molecule has 1 aromatic rings. The van der Waals surface area contributed by atoms with E-state index >= 15 is 0 Å². The Morgan fingerprint density at radius 1 is 1.56 bits per heavy atom. The van der Waals surface area contributed by atoms with E-state index in [4.69, 9.17) is 5.84 Å². The molecule has 5 nitrogen and oxygen atoms in total. The maximum absolute atomic E-state index is 5.37. The summed E-state index contributed by atoms with van der Waals surface area (Å²) in [4.78, 5) is 11.2. The van der Waals surface area contributed by atoms with Crippen LogP contribution >= 0.6 is 0 Å². The summed E-state index contributed by atoms with van der Waals surface area (Å²) in [5, 5.41) is 0. The molecule has 0 amide bonds. The summed E-state index contributed by atoms with van der Waals surface area (Å²) in [6.07, 6.45) is 2.54. The molecule has 3 N–H and O–H groups in total. The number of aryl methyl sites for hydroxylation is 1. The molecule has 16 heavy (non-hydrogen) atoms. The Hall–Kier alpha value is -1.20. The van der Waals surface area contributed by atoms with Crippen LogP contribution in [0.2, 0.25) is 0 Å². The van der Waals surface area contributed by atoms with Gasteiger partial charge in [0.05, 0.1) is 6.54 Å². The topological polar surface area (TPSA) is 67.1 Å². The van der Waals surface area contributed by atoms with Gasteiger partial charge in [-0.3, -0.25) is 4.90 Å². The zero-order chi connectivity index (χ0) is 11.5. The molecule has 1 unspecified atom stereocenters. The summed E-state index contributed by atoms with van der Waals surface area (Å²) in [7, 11) is 0. The third-order valence-corrected chi connectivity index (χ3v) is 3.08. The molecule has 2 rings (SSSR count). The van der Waals surface area contributed by atoms with Gasteiger partial charge in [0.15, 0.2) is 0 Å². The van der Waals surface area contributed by atoms with Crippen LogP contribution in [0.15, 0.2) is 6.07 Å². The Labute approximate surface area is 96.0 Å². The molecule has 1 fully saturated rings. The van der Waals surface area contributed by atoms with Gasteiger partial charge in [0.1, 0.15) is 11.6 Å². The van der Waals surface area contributed by atoms with Crippen molar-refractivity contribution < 1.29 is 0 Å². The maximum atomic E-state index is 5.37. The van der Waals surface area contributed by atoms with Crippen LogP contribution < -0.4 is 11.3 Å². The lowest BCUT2D eigenvalue weighted by molar-refractivity contribution is 0.254. The van der Waals surface area contributed by atoms with E-state index in [2.05, 4.69) is 27.2 Å². The van der Waals surface area contributed by atoms with Crippen LogP contribution in [-0.4, -0.2) is 27.5 Å². The van der Waals surface area contributed by atoms with Gasteiger partial charge in [0.2, 0.25) is 0 Å². The van der Waals surface area contributed by atoms with E-state index in [1.165, 1.54) is 12.8 Å². The molecule has 88 valence electrons. The van der Waals surface area contributed by atoms with Gasteiger partial charge < -0.3 is 5.43 Å². The first kappa shape index (κ1) is 11.3. The highest BCUT2D eigenvalue weighted by Crippen LogP contribution is 2.18. The average Bonchev–Trinajstić information content (AvgIpc) is 2.63. The molecule has 0 spiro atoms. The zero-order valence-corrected chi connectivity index (χ0v) is 9.90. The van der Waals surface area contributed by atoms with E-state index in [0.29, 0.717) is 11.9 Å². The lowest BCUT2D eigenvalue weighted by Crippen LogP contribution is -2.27. The molecule has 1 aliphatic rings. The monoisotopic (exact) mass is 221 g/mol. The SMILES string of the molecule is Cc1cc(NN)nc(CN2CCCC2C)n1. The Bertz CT molecular complexity index is 365. The van der Waals surface area contributed by atoms with Crippen molar-refractivity contribution in [1.82, 2.24) is 14.9 Å². The fourth-order valence-corrected chi connectivity index (χ4v) is 2.18. The molecule has 5 heteroatoms. The Balaban J connectivity index is 2.11. The number of nitrogens with zero attached hydrogens (tertiary/aromatic N) is 3. The first-order valence-corrected chi connectivity index (χ1v) is 5.74. The molecular weight excluding hydrogens is 202 g/mol. The van der Waals surface area contributed by atoms with Gasteiger partial charge in [0, 0.05) is 17.8 Å². The summed E-state index contributed by atoms with van der Waals surface area (Å²) >= 11 is 0. The van der Waals surface area contributed by atoms with Gasteiger partial charge in [-0.2, -0.15) is 0 Å². The van der Waals surface area contributed by atoms with Crippen molar-refractivity contribution in [2.24, 2.45) is 5.84 Å². The van der Waals surface area contributed by atoms with Gasteiger partial charge in [-0.05, 0) is 33.2 Å². The second-order valence-corrected chi connectivity index (χ2v) is 4.42. The second-order valence-electron chi connectivity index (χ2n) is 4.42. The maximum Gasteiger partial charge on any atom is 0.145 e. The number of aromatic nitrogens is 2. The van der Waals surface area contributed by atoms with Gasteiger partial charge in [-0.15, -0.1) is 0 Å². The van der Waals surface area contributed by atoms with Gasteiger partial charge in [-0.1, -0.05) is 0 Å². The predicted molar refractivity (Wildman–Crippen MR) is 63.7 cm³/mol. The van der Waals surface area contributed by atoms with E-state index in [0.717, 1.165) is 24.6 Å². The molecule has 1 atom stereocenters. The molecule has 1 aliphatic heterocycles. The van der Waals surface area contributed by atoms with Gasteiger partial charge in [-0.25, -0.2) is 15.8 Å². The van der Waals surface area contributed by atoms with Crippen LogP contribution in [0.25, 0.3) is 0 Å². The molecule has 0 aromatic carbocycles. The van der Waals surface area contributed by atoms with Crippen molar-refractivity contribution >= 4 is 5.82 Å².